The summed E-state index contributed by atoms with van der Waals surface area (Å²) in [5.74, 6) is 0. The van der Waals surface area contributed by atoms with Gasteiger partial charge in [0, 0.05) is 11.9 Å². The molecule has 0 aliphatic rings. The van der Waals surface area contributed by atoms with Gasteiger partial charge in [0.05, 0.1) is 0 Å². The molecule has 1 heterocycles. The molecule has 1 rings (SSSR count). The van der Waals surface area contributed by atoms with Crippen LogP contribution in [0.1, 0.15) is 19.0 Å². The molecule has 0 aliphatic heterocycles. The van der Waals surface area contributed by atoms with Crippen LogP contribution in [0.5, 0.6) is 0 Å². The monoisotopic (exact) mass is 149 g/mol. The fraction of sp³-hybridized carbons (Fsp3) is 0.222. The minimum Gasteiger partial charge on any atom is -0.362 e. The second-order valence-corrected chi connectivity index (χ2v) is 2.32. The number of aromatic amines is 1. The zero-order valence-electron chi connectivity index (χ0n) is 6.50. The average Bonchev–Trinajstić information content (AvgIpc) is 2.52. The van der Waals surface area contributed by atoms with E-state index in [9.17, 15) is 4.79 Å². The molecule has 0 aliphatic carbocycles. The first-order chi connectivity index (χ1) is 5.36. The van der Waals surface area contributed by atoms with Crippen molar-refractivity contribution < 1.29 is 4.79 Å². The maximum absolute atomic E-state index is 10.4. The van der Waals surface area contributed by atoms with Gasteiger partial charge in [-0.2, -0.15) is 0 Å². The van der Waals surface area contributed by atoms with Crippen LogP contribution in [0.25, 0.3) is 6.08 Å². The predicted octanol–water partition coefficient (Wildman–Crippen LogP) is 2.01. The molecule has 0 spiro atoms. The van der Waals surface area contributed by atoms with Crippen LogP contribution in [0.15, 0.2) is 23.9 Å². The molecule has 11 heavy (non-hydrogen) atoms. The Hall–Kier alpha value is -1.31. The number of hydrogen-bond acceptors (Lipinski definition) is 1. The molecule has 0 atom stereocenters. The van der Waals surface area contributed by atoms with E-state index in [4.69, 9.17) is 0 Å². The zero-order chi connectivity index (χ0) is 8.10. The fourth-order valence-corrected chi connectivity index (χ4v) is 0.853. The van der Waals surface area contributed by atoms with E-state index in [1.54, 1.807) is 0 Å². The van der Waals surface area contributed by atoms with E-state index in [2.05, 4.69) is 4.98 Å². The van der Waals surface area contributed by atoms with Gasteiger partial charge in [0.15, 0.2) is 0 Å². The second-order valence-electron chi connectivity index (χ2n) is 2.32. The number of carbonyl (C=O) groups is 1. The summed E-state index contributed by atoms with van der Waals surface area (Å²) in [4.78, 5) is 13.4. The highest BCUT2D eigenvalue weighted by Gasteiger charge is 1.91. The van der Waals surface area contributed by atoms with E-state index in [0.29, 0.717) is 0 Å². The third-order valence-corrected chi connectivity index (χ3v) is 1.52. The van der Waals surface area contributed by atoms with Gasteiger partial charge in [-0.05, 0) is 30.2 Å². The maximum atomic E-state index is 10.4. The Morgan fingerprint density at radius 3 is 3.00 bits per heavy atom. The standard InChI is InChI=1S/C9H11NO/c1-2-8(7-11)6-9-4-3-5-10-9/h3-7,10H,2H2,1H3. The quantitative estimate of drug-likeness (QED) is 0.517. The largest absolute Gasteiger partial charge is 0.362 e. The maximum Gasteiger partial charge on any atom is 0.146 e. The lowest BCUT2D eigenvalue weighted by molar-refractivity contribution is -0.104. The molecule has 1 N–H and O–H groups in total. The Kier molecular flexibility index (Phi) is 2.66. The fourth-order valence-electron chi connectivity index (χ4n) is 0.853. The van der Waals surface area contributed by atoms with Crippen molar-refractivity contribution in [2.24, 2.45) is 0 Å². The number of hydrogen-bond donors (Lipinski definition) is 1. The number of carbonyl (C=O) groups excluding carboxylic acids is 1. The molecule has 0 radical (unpaired) electrons. The number of allylic oxidation sites excluding steroid dienone is 1. The van der Waals surface area contributed by atoms with Gasteiger partial charge >= 0.3 is 0 Å². The first kappa shape index (κ1) is 7.79. The van der Waals surface area contributed by atoms with Gasteiger partial charge < -0.3 is 4.98 Å². The van der Waals surface area contributed by atoms with Gasteiger partial charge in [0.2, 0.25) is 0 Å². The molecule has 2 nitrogen and oxygen atoms in total. The van der Waals surface area contributed by atoms with E-state index < -0.39 is 0 Å². The van der Waals surface area contributed by atoms with Crippen LogP contribution < -0.4 is 0 Å². The molecule has 0 saturated carbocycles. The molecule has 0 fully saturated rings. The molecular formula is C9H11NO. The van der Waals surface area contributed by atoms with Crippen molar-refractivity contribution in [2.75, 3.05) is 0 Å². The van der Waals surface area contributed by atoms with Crippen LogP contribution in [0.2, 0.25) is 0 Å². The average molecular weight is 149 g/mol. The summed E-state index contributed by atoms with van der Waals surface area (Å²) in [7, 11) is 0. The van der Waals surface area contributed by atoms with Crippen LogP contribution >= 0.6 is 0 Å². The van der Waals surface area contributed by atoms with E-state index >= 15 is 0 Å². The minimum absolute atomic E-state index is 0.780. The SMILES string of the molecule is CCC(C=O)=Cc1ccc[nH]1. The molecular weight excluding hydrogens is 138 g/mol. The first-order valence-electron chi connectivity index (χ1n) is 3.66. The van der Waals surface area contributed by atoms with Crippen molar-refractivity contribution in [3.63, 3.8) is 0 Å². The molecule has 0 bridgehead atoms. The number of aldehydes is 1. The van der Waals surface area contributed by atoms with Crippen LogP contribution in [0, 0.1) is 0 Å². The summed E-state index contributed by atoms with van der Waals surface area (Å²) < 4.78 is 0. The Bertz CT molecular complexity index is 247. The lowest BCUT2D eigenvalue weighted by Gasteiger charge is -1.90. The number of H-pyrrole nitrogens is 1. The van der Waals surface area contributed by atoms with Crippen LogP contribution in [0.4, 0.5) is 0 Å². The Labute approximate surface area is 65.9 Å². The highest BCUT2D eigenvalue weighted by molar-refractivity contribution is 5.80. The van der Waals surface area contributed by atoms with Gasteiger partial charge in [-0.25, -0.2) is 0 Å². The van der Waals surface area contributed by atoms with Gasteiger partial charge in [-0.3, -0.25) is 4.79 Å². The van der Waals surface area contributed by atoms with Crippen molar-refractivity contribution in [1.82, 2.24) is 4.98 Å². The van der Waals surface area contributed by atoms with Gasteiger partial charge in [-0.15, -0.1) is 0 Å². The first-order valence-corrected chi connectivity index (χ1v) is 3.66. The molecule has 0 amide bonds. The second kappa shape index (κ2) is 3.76. The number of nitrogens with one attached hydrogen (secondary N) is 1. The third-order valence-electron chi connectivity index (χ3n) is 1.52. The summed E-state index contributed by atoms with van der Waals surface area (Å²) in [5, 5.41) is 0. The number of rotatable bonds is 3. The van der Waals surface area contributed by atoms with Crippen LogP contribution in [0.3, 0.4) is 0 Å². The minimum atomic E-state index is 0.780. The van der Waals surface area contributed by atoms with Crippen molar-refractivity contribution in [1.29, 1.82) is 0 Å². The summed E-state index contributed by atoms with van der Waals surface area (Å²) >= 11 is 0. The van der Waals surface area contributed by atoms with Crippen LogP contribution in [-0.2, 0) is 4.79 Å². The molecule has 58 valence electrons. The lowest BCUT2D eigenvalue weighted by Crippen LogP contribution is -1.81. The topological polar surface area (TPSA) is 32.9 Å². The van der Waals surface area contributed by atoms with Gasteiger partial charge in [-0.1, -0.05) is 6.92 Å². The highest BCUT2D eigenvalue weighted by Crippen LogP contribution is 2.04. The number of aromatic nitrogens is 1. The Balaban J connectivity index is 2.79. The summed E-state index contributed by atoms with van der Waals surface area (Å²) in [6, 6.07) is 3.84. The van der Waals surface area contributed by atoms with Gasteiger partial charge in [0.25, 0.3) is 0 Å². The zero-order valence-corrected chi connectivity index (χ0v) is 6.50. The van der Waals surface area contributed by atoms with E-state index in [0.717, 1.165) is 24.0 Å². The molecule has 0 unspecified atom stereocenters. The van der Waals surface area contributed by atoms with Crippen molar-refractivity contribution >= 4 is 12.4 Å². The molecule has 0 aromatic carbocycles. The molecule has 1 aromatic heterocycles. The smallest absolute Gasteiger partial charge is 0.146 e. The van der Waals surface area contributed by atoms with E-state index in [1.165, 1.54) is 0 Å². The summed E-state index contributed by atoms with van der Waals surface area (Å²) in [6.07, 6.45) is 5.36. The van der Waals surface area contributed by atoms with Crippen molar-refractivity contribution in [3.05, 3.63) is 29.6 Å². The van der Waals surface area contributed by atoms with Crippen molar-refractivity contribution in [3.8, 4) is 0 Å². The summed E-state index contributed by atoms with van der Waals surface area (Å²) in [5.41, 5.74) is 1.79. The normalized spacial score (nSPS) is 11.5. The van der Waals surface area contributed by atoms with Crippen molar-refractivity contribution in [2.45, 2.75) is 13.3 Å². The van der Waals surface area contributed by atoms with Gasteiger partial charge in [0.1, 0.15) is 6.29 Å². The Morgan fingerprint density at radius 2 is 2.55 bits per heavy atom. The highest BCUT2D eigenvalue weighted by atomic mass is 16.1. The molecule has 2 heteroatoms. The van der Waals surface area contributed by atoms with E-state index in [1.807, 2.05) is 31.3 Å². The molecule has 1 aromatic rings. The predicted molar refractivity (Wildman–Crippen MR) is 45.1 cm³/mol. The lowest BCUT2D eigenvalue weighted by atomic mass is 10.2. The van der Waals surface area contributed by atoms with E-state index in [-0.39, 0.29) is 0 Å². The summed E-state index contributed by atoms with van der Waals surface area (Å²) in [6.45, 7) is 1.96. The molecule has 0 saturated heterocycles. The third kappa shape index (κ3) is 2.08. The Morgan fingerprint density at radius 1 is 1.73 bits per heavy atom. The van der Waals surface area contributed by atoms with Crippen LogP contribution in [-0.4, -0.2) is 11.3 Å².